The highest BCUT2D eigenvalue weighted by Crippen LogP contribution is 2.31. The molecule has 10 nitrogen and oxygen atoms in total. The summed E-state index contributed by atoms with van der Waals surface area (Å²) in [5.74, 6) is 2.36. The molecular weight excluding hydrogens is 436 g/mol. The Labute approximate surface area is 198 Å². The van der Waals surface area contributed by atoms with Crippen LogP contribution in [0.15, 0.2) is 58.5 Å². The monoisotopic (exact) mass is 466 g/mol. The van der Waals surface area contributed by atoms with Crippen LogP contribution in [0.4, 0.5) is 22.7 Å². The van der Waals surface area contributed by atoms with Crippen LogP contribution in [-0.2, 0) is 0 Å². The third-order valence-corrected chi connectivity index (χ3v) is 5.38. The molecule has 1 aliphatic heterocycles. The van der Waals surface area contributed by atoms with Gasteiger partial charge in [0, 0.05) is 37.4 Å². The Morgan fingerprint density at radius 2 is 1.32 bits per heavy atom. The van der Waals surface area contributed by atoms with Crippen LogP contribution >= 0.6 is 0 Å². The Morgan fingerprint density at radius 1 is 0.794 bits per heavy atom. The second-order valence-electron chi connectivity index (χ2n) is 8.99. The molecule has 3 rings (SSSR count). The van der Waals surface area contributed by atoms with Crippen molar-refractivity contribution in [1.29, 1.82) is 0 Å². The maximum atomic E-state index is 11.1. The Hall–Kier alpha value is -3.82. The van der Waals surface area contributed by atoms with Crippen molar-refractivity contribution in [2.45, 2.75) is 40.5 Å². The first-order valence-electron chi connectivity index (χ1n) is 11.4. The molecule has 0 aromatic heterocycles. The van der Waals surface area contributed by atoms with Gasteiger partial charge in [0.1, 0.15) is 0 Å². The van der Waals surface area contributed by atoms with E-state index in [0.717, 1.165) is 24.5 Å². The summed E-state index contributed by atoms with van der Waals surface area (Å²) in [5.41, 5.74) is 1.30. The van der Waals surface area contributed by atoms with E-state index in [2.05, 4.69) is 27.7 Å². The van der Waals surface area contributed by atoms with Gasteiger partial charge in [-0.1, -0.05) is 27.7 Å². The number of anilines is 1. The second kappa shape index (κ2) is 10.9. The third-order valence-electron chi connectivity index (χ3n) is 5.38. The molecule has 0 saturated carbocycles. The van der Waals surface area contributed by atoms with E-state index >= 15 is 0 Å². The zero-order valence-corrected chi connectivity index (χ0v) is 19.9. The highest BCUT2D eigenvalue weighted by Gasteiger charge is 2.40. The minimum Gasteiger partial charge on any atom is -0.281 e. The summed E-state index contributed by atoms with van der Waals surface area (Å²) in [4.78, 5) is 34.8. The van der Waals surface area contributed by atoms with E-state index in [1.54, 1.807) is 24.3 Å². The third kappa shape index (κ3) is 5.94. The predicted molar refractivity (Wildman–Crippen MR) is 134 cm³/mol. The molecule has 1 aliphatic rings. The lowest BCUT2D eigenvalue weighted by Gasteiger charge is -2.46. The lowest BCUT2D eigenvalue weighted by Crippen LogP contribution is -2.66. The maximum Gasteiger partial charge on any atom is 0.269 e. The summed E-state index contributed by atoms with van der Waals surface area (Å²) in [6.07, 6.45) is 1.86. The van der Waals surface area contributed by atoms with E-state index in [9.17, 15) is 20.2 Å². The highest BCUT2D eigenvalue weighted by atomic mass is 16.6. The first-order valence-corrected chi connectivity index (χ1v) is 11.4. The molecule has 0 bridgehead atoms. The molecule has 0 aliphatic carbocycles. The molecule has 0 amide bonds. The fourth-order valence-electron chi connectivity index (χ4n) is 3.37. The van der Waals surface area contributed by atoms with Crippen molar-refractivity contribution in [3.63, 3.8) is 0 Å². The van der Waals surface area contributed by atoms with E-state index < -0.39 is 9.85 Å². The van der Waals surface area contributed by atoms with Crippen LogP contribution in [-0.4, -0.2) is 39.8 Å². The van der Waals surface area contributed by atoms with E-state index in [1.165, 1.54) is 24.3 Å². The zero-order chi connectivity index (χ0) is 24.8. The van der Waals surface area contributed by atoms with Gasteiger partial charge in [-0.15, -0.1) is 0 Å². The molecule has 180 valence electrons. The summed E-state index contributed by atoms with van der Waals surface area (Å²) < 4.78 is 0. The number of hydrogen-bond acceptors (Lipinski definition) is 6. The van der Waals surface area contributed by atoms with Gasteiger partial charge >= 0.3 is 0 Å². The van der Waals surface area contributed by atoms with Gasteiger partial charge in [0.05, 0.1) is 21.2 Å². The maximum absolute atomic E-state index is 11.1. The van der Waals surface area contributed by atoms with Gasteiger partial charge in [-0.25, -0.2) is 9.89 Å². The average molecular weight is 467 g/mol. The van der Waals surface area contributed by atoms with Crippen LogP contribution in [0.5, 0.6) is 0 Å². The smallest absolute Gasteiger partial charge is 0.269 e. The first kappa shape index (κ1) is 24.8. The number of nitro benzene ring substituents is 2. The van der Waals surface area contributed by atoms with Crippen molar-refractivity contribution in [1.82, 2.24) is 4.90 Å². The quantitative estimate of drug-likeness (QED) is 0.324. The minimum absolute atomic E-state index is 0.00242. The van der Waals surface area contributed by atoms with Crippen molar-refractivity contribution in [2.75, 3.05) is 18.0 Å². The van der Waals surface area contributed by atoms with Gasteiger partial charge in [-0.05, 0) is 48.9 Å². The van der Waals surface area contributed by atoms with Crippen molar-refractivity contribution >= 4 is 34.7 Å². The van der Waals surface area contributed by atoms with Gasteiger partial charge in [0.15, 0.2) is 0 Å². The summed E-state index contributed by atoms with van der Waals surface area (Å²) in [6, 6.07) is 12.3. The second-order valence-corrected chi connectivity index (χ2v) is 8.99. The molecule has 2 aromatic carbocycles. The molecule has 0 N–H and O–H groups in total. The number of rotatable bonds is 10. The molecule has 1 saturated heterocycles. The fraction of sp³-hybridized carbons (Fsp3) is 0.417. The van der Waals surface area contributed by atoms with Gasteiger partial charge in [0.25, 0.3) is 11.4 Å². The number of nitro groups is 2. The molecule has 0 radical (unpaired) electrons. The predicted octanol–water partition coefficient (Wildman–Crippen LogP) is 5.76. The zero-order valence-electron chi connectivity index (χ0n) is 19.9. The first-order chi connectivity index (χ1) is 16.2. The Morgan fingerprint density at radius 3 is 1.82 bits per heavy atom. The van der Waals surface area contributed by atoms with Crippen LogP contribution in [0, 0.1) is 32.1 Å². The molecule has 10 heteroatoms. The lowest BCUT2D eigenvalue weighted by atomic mass is 10.1. The molecular formula is C24H30N6O4. The van der Waals surface area contributed by atoms with Crippen LogP contribution in [0.25, 0.3) is 0 Å². The Bertz CT molecular complexity index is 1080. The molecule has 0 atom stereocenters. The highest BCUT2D eigenvalue weighted by molar-refractivity contribution is 6.32. The topological polar surface area (TPSA) is 117 Å². The number of guanidine groups is 2. The number of aliphatic imine (C=N–C) groups is 2. The van der Waals surface area contributed by atoms with Crippen LogP contribution < -0.4 is 4.90 Å². The van der Waals surface area contributed by atoms with Gasteiger partial charge < -0.3 is 0 Å². The Balaban J connectivity index is 2.01. The standard InChI is InChI=1S/C24H30N6O4/c1-17(2)13-15-25-23-27(16-14-18(3)4)24(26-19-5-7-21(8-6-19)29(31)32)28(23)20-9-11-22(12-10-20)30(33)34/h5-12,17-18H,13-16H2,1-4H3. The van der Waals surface area contributed by atoms with Gasteiger partial charge in [-0.3, -0.25) is 30.1 Å². The number of hydrogen-bond donors (Lipinski definition) is 0. The van der Waals surface area contributed by atoms with Crippen LogP contribution in [0.1, 0.15) is 40.5 Å². The minimum atomic E-state index is -0.447. The summed E-state index contributed by atoms with van der Waals surface area (Å²) >= 11 is 0. The number of non-ortho nitro benzene ring substituents is 2. The van der Waals surface area contributed by atoms with Crippen molar-refractivity contribution in [3.05, 3.63) is 68.8 Å². The summed E-state index contributed by atoms with van der Waals surface area (Å²) in [7, 11) is 0. The normalized spacial score (nSPS) is 15.9. The number of nitrogens with zero attached hydrogens (tertiary/aromatic N) is 6. The SMILES string of the molecule is CC(C)CCN=C1N(CCC(C)C)C(=Nc2ccc([N+](=O)[O-])cc2)N1c1ccc([N+](=O)[O-])cc1. The van der Waals surface area contributed by atoms with Crippen molar-refractivity contribution < 1.29 is 9.85 Å². The summed E-state index contributed by atoms with van der Waals surface area (Å²) in [5, 5.41) is 22.1. The Kier molecular flexibility index (Phi) is 7.93. The fourth-order valence-corrected chi connectivity index (χ4v) is 3.37. The average Bonchev–Trinajstić information content (AvgIpc) is 2.78. The van der Waals surface area contributed by atoms with E-state index in [0.29, 0.717) is 36.6 Å². The van der Waals surface area contributed by atoms with Crippen molar-refractivity contribution in [2.24, 2.45) is 21.8 Å². The molecule has 2 aromatic rings. The molecule has 0 unspecified atom stereocenters. The molecule has 34 heavy (non-hydrogen) atoms. The van der Waals surface area contributed by atoms with Crippen molar-refractivity contribution in [3.8, 4) is 0 Å². The van der Waals surface area contributed by atoms with Gasteiger partial charge in [0.2, 0.25) is 11.9 Å². The van der Waals surface area contributed by atoms with E-state index in [-0.39, 0.29) is 11.4 Å². The van der Waals surface area contributed by atoms with Crippen LogP contribution in [0.3, 0.4) is 0 Å². The number of benzene rings is 2. The molecule has 1 fully saturated rings. The van der Waals surface area contributed by atoms with Gasteiger partial charge in [-0.2, -0.15) is 0 Å². The molecule has 1 heterocycles. The van der Waals surface area contributed by atoms with Crippen LogP contribution in [0.2, 0.25) is 0 Å². The lowest BCUT2D eigenvalue weighted by molar-refractivity contribution is -0.385. The largest absolute Gasteiger partial charge is 0.281 e. The molecule has 0 spiro atoms. The summed E-state index contributed by atoms with van der Waals surface area (Å²) in [6.45, 7) is 9.96. The van der Waals surface area contributed by atoms with E-state index in [1.807, 2.05) is 9.80 Å². The van der Waals surface area contributed by atoms with E-state index in [4.69, 9.17) is 9.98 Å².